The number of rotatable bonds is 0. The molecule has 1 heterocycles. The molecule has 1 N–H and O–H groups in total. The summed E-state index contributed by atoms with van der Waals surface area (Å²) in [6.45, 7) is 0. The average molecular weight is 295 g/mol. The van der Waals surface area contributed by atoms with Gasteiger partial charge in [-0.2, -0.15) is 0 Å². The van der Waals surface area contributed by atoms with E-state index in [9.17, 15) is 5.11 Å². The van der Waals surface area contributed by atoms with Crippen molar-refractivity contribution in [3.63, 3.8) is 0 Å². The molecule has 0 fully saturated rings. The number of hydrogen-bond donors (Lipinski definition) is 1. The summed E-state index contributed by atoms with van der Waals surface area (Å²) in [5.74, 6) is 0.258. The molecule has 2 nitrogen and oxygen atoms in total. The fourth-order valence-corrected chi connectivity index (χ4v) is 3.31. The number of aromatic hydroxyl groups is 1. The van der Waals surface area contributed by atoms with Crippen LogP contribution >= 0.6 is 0 Å². The van der Waals surface area contributed by atoms with E-state index in [1.807, 2.05) is 36.4 Å². The summed E-state index contributed by atoms with van der Waals surface area (Å²) in [4.78, 5) is 4.73. The maximum atomic E-state index is 10.6. The van der Waals surface area contributed by atoms with Crippen molar-refractivity contribution in [1.82, 2.24) is 4.98 Å². The number of nitrogens with zero attached hydrogens (tertiary/aromatic N) is 1. The van der Waals surface area contributed by atoms with Crippen molar-refractivity contribution >= 4 is 43.4 Å². The first-order chi connectivity index (χ1) is 11.3. The second-order valence-corrected chi connectivity index (χ2v) is 5.90. The van der Waals surface area contributed by atoms with Gasteiger partial charge in [0.2, 0.25) is 0 Å². The number of fused-ring (bicyclic) bond motifs is 4. The molecule has 1 aromatic heterocycles. The molecule has 2 heteroatoms. The topological polar surface area (TPSA) is 33.1 Å². The fraction of sp³-hybridized carbons (Fsp3) is 0. The average Bonchev–Trinajstić information content (AvgIpc) is 2.59. The van der Waals surface area contributed by atoms with Crippen LogP contribution in [-0.4, -0.2) is 10.1 Å². The number of pyridine rings is 1. The van der Waals surface area contributed by atoms with Crippen LogP contribution in [0, 0.1) is 0 Å². The minimum atomic E-state index is 0.258. The molecule has 0 unspecified atom stereocenters. The summed E-state index contributed by atoms with van der Waals surface area (Å²) in [5.41, 5.74) is 1.56. The molecule has 0 radical (unpaired) electrons. The van der Waals surface area contributed by atoms with E-state index >= 15 is 0 Å². The lowest BCUT2D eigenvalue weighted by Gasteiger charge is -2.08. The van der Waals surface area contributed by atoms with Gasteiger partial charge in [-0.25, -0.2) is 4.98 Å². The molecule has 0 saturated heterocycles. The van der Waals surface area contributed by atoms with E-state index in [0.29, 0.717) is 5.52 Å². The van der Waals surface area contributed by atoms with Gasteiger partial charge < -0.3 is 5.11 Å². The molecule has 5 aromatic rings. The van der Waals surface area contributed by atoms with Gasteiger partial charge in [0.25, 0.3) is 0 Å². The Bertz CT molecular complexity index is 1220. The predicted molar refractivity (Wildman–Crippen MR) is 95.9 cm³/mol. The maximum Gasteiger partial charge on any atom is 0.149 e. The smallest absolute Gasteiger partial charge is 0.149 e. The molecule has 23 heavy (non-hydrogen) atoms. The summed E-state index contributed by atoms with van der Waals surface area (Å²) < 4.78 is 0. The fourth-order valence-electron chi connectivity index (χ4n) is 3.31. The van der Waals surface area contributed by atoms with Crippen LogP contribution in [0.4, 0.5) is 0 Å². The first-order valence-corrected chi connectivity index (χ1v) is 7.63. The van der Waals surface area contributed by atoms with Crippen molar-refractivity contribution in [3.8, 4) is 5.75 Å². The zero-order valence-corrected chi connectivity index (χ0v) is 12.3. The molecule has 0 aliphatic rings. The highest BCUT2D eigenvalue weighted by atomic mass is 16.3. The van der Waals surface area contributed by atoms with Crippen LogP contribution in [0.1, 0.15) is 0 Å². The second-order valence-electron chi connectivity index (χ2n) is 5.90. The van der Waals surface area contributed by atoms with Gasteiger partial charge in [-0.3, -0.25) is 0 Å². The maximum absolute atomic E-state index is 10.6. The minimum Gasteiger partial charge on any atom is -0.505 e. The Morgan fingerprint density at radius 1 is 0.609 bits per heavy atom. The summed E-state index contributed by atoms with van der Waals surface area (Å²) >= 11 is 0. The van der Waals surface area contributed by atoms with Crippen LogP contribution < -0.4 is 0 Å². The number of hydrogen-bond acceptors (Lipinski definition) is 2. The molecule has 4 aromatic carbocycles. The Balaban J connectivity index is 1.97. The molecule has 0 aliphatic heterocycles. The molecule has 108 valence electrons. The highest BCUT2D eigenvalue weighted by Gasteiger charge is 2.09. The number of phenolic OH excluding ortho intramolecular Hbond substituents is 1. The summed E-state index contributed by atoms with van der Waals surface area (Å²) in [7, 11) is 0. The molecule has 0 spiro atoms. The van der Waals surface area contributed by atoms with Crippen molar-refractivity contribution in [2.24, 2.45) is 0 Å². The van der Waals surface area contributed by atoms with Gasteiger partial charge in [0, 0.05) is 16.2 Å². The Morgan fingerprint density at radius 2 is 1.22 bits per heavy atom. The lowest BCUT2D eigenvalue weighted by atomic mass is 10.0. The largest absolute Gasteiger partial charge is 0.505 e. The quantitative estimate of drug-likeness (QED) is 0.388. The molecule has 0 saturated carbocycles. The summed E-state index contributed by atoms with van der Waals surface area (Å²) in [6, 6.07) is 24.6. The van der Waals surface area contributed by atoms with Crippen molar-refractivity contribution in [1.29, 1.82) is 0 Å². The van der Waals surface area contributed by atoms with E-state index in [-0.39, 0.29) is 5.75 Å². The van der Waals surface area contributed by atoms with Crippen LogP contribution in [0.2, 0.25) is 0 Å². The standard InChI is InChI=1S/C21H13NO/c23-21-18-8-4-3-7-15(18)10-17-11-16-9-13-5-1-2-6-14(13)12-19(16)22-20(17)21/h1-12,23H. The van der Waals surface area contributed by atoms with E-state index in [1.54, 1.807) is 0 Å². The molecule has 0 bridgehead atoms. The lowest BCUT2D eigenvalue weighted by Crippen LogP contribution is -1.86. The third-order valence-electron chi connectivity index (χ3n) is 4.46. The SMILES string of the molecule is Oc1c2ccccc2cc2cc3cc4ccccc4cc3nc12. The van der Waals surface area contributed by atoms with Gasteiger partial charge in [0.05, 0.1) is 5.52 Å². The van der Waals surface area contributed by atoms with E-state index in [2.05, 4.69) is 36.4 Å². The van der Waals surface area contributed by atoms with Crippen molar-refractivity contribution in [2.45, 2.75) is 0 Å². The predicted octanol–water partition coefficient (Wildman–Crippen LogP) is 5.40. The Morgan fingerprint density at radius 3 is 2.04 bits per heavy atom. The zero-order valence-electron chi connectivity index (χ0n) is 12.3. The van der Waals surface area contributed by atoms with E-state index in [0.717, 1.165) is 32.4 Å². The van der Waals surface area contributed by atoms with Gasteiger partial charge >= 0.3 is 0 Å². The highest BCUT2D eigenvalue weighted by molar-refractivity contribution is 6.08. The Labute approximate surface area is 132 Å². The van der Waals surface area contributed by atoms with Crippen molar-refractivity contribution in [3.05, 3.63) is 72.8 Å². The van der Waals surface area contributed by atoms with Gasteiger partial charge in [-0.1, -0.05) is 48.5 Å². The van der Waals surface area contributed by atoms with Crippen molar-refractivity contribution < 1.29 is 5.11 Å². The number of benzene rings is 4. The highest BCUT2D eigenvalue weighted by Crippen LogP contribution is 2.34. The van der Waals surface area contributed by atoms with E-state index in [1.165, 1.54) is 5.39 Å². The molecule has 0 atom stereocenters. The summed E-state index contributed by atoms with van der Waals surface area (Å²) in [5, 5.41) is 16.9. The van der Waals surface area contributed by atoms with Gasteiger partial charge in [0.15, 0.2) is 0 Å². The van der Waals surface area contributed by atoms with Crippen LogP contribution in [0.5, 0.6) is 5.75 Å². The first kappa shape index (κ1) is 12.4. The van der Waals surface area contributed by atoms with E-state index in [4.69, 9.17) is 4.98 Å². The Kier molecular flexibility index (Phi) is 2.39. The monoisotopic (exact) mass is 295 g/mol. The third kappa shape index (κ3) is 1.78. The molecule has 0 amide bonds. The normalized spacial score (nSPS) is 11.7. The Hall–Kier alpha value is -3.13. The minimum absolute atomic E-state index is 0.258. The summed E-state index contributed by atoms with van der Waals surface area (Å²) in [6.07, 6.45) is 0. The van der Waals surface area contributed by atoms with Crippen LogP contribution in [0.15, 0.2) is 72.8 Å². The molecule has 5 rings (SSSR count). The van der Waals surface area contributed by atoms with Crippen molar-refractivity contribution in [2.75, 3.05) is 0 Å². The lowest BCUT2D eigenvalue weighted by molar-refractivity contribution is 0.486. The number of phenols is 1. The van der Waals surface area contributed by atoms with Gasteiger partial charge in [0.1, 0.15) is 11.3 Å². The molecular formula is C21H13NO. The third-order valence-corrected chi connectivity index (χ3v) is 4.46. The second kappa shape index (κ2) is 4.43. The van der Waals surface area contributed by atoms with Crippen LogP contribution in [-0.2, 0) is 0 Å². The molecular weight excluding hydrogens is 282 g/mol. The van der Waals surface area contributed by atoms with Crippen LogP contribution in [0.25, 0.3) is 43.4 Å². The first-order valence-electron chi connectivity index (χ1n) is 7.63. The number of aromatic nitrogens is 1. The van der Waals surface area contributed by atoms with E-state index < -0.39 is 0 Å². The zero-order chi connectivity index (χ0) is 15.4. The van der Waals surface area contributed by atoms with Crippen LogP contribution in [0.3, 0.4) is 0 Å². The molecule has 0 aliphatic carbocycles. The van der Waals surface area contributed by atoms with Gasteiger partial charge in [-0.15, -0.1) is 0 Å². The van der Waals surface area contributed by atoms with Gasteiger partial charge in [-0.05, 0) is 40.4 Å².